The zero-order valence-electron chi connectivity index (χ0n) is 24.4. The molecule has 0 amide bonds. The summed E-state index contributed by atoms with van der Waals surface area (Å²) in [6.45, 7) is 2.07. The van der Waals surface area contributed by atoms with Gasteiger partial charge in [-0.05, 0) is 60.0 Å². The second kappa shape index (κ2) is 10.00. The van der Waals surface area contributed by atoms with Gasteiger partial charge in [-0.15, -0.1) is 0 Å². The van der Waals surface area contributed by atoms with E-state index in [2.05, 4.69) is 79.7 Å². The number of rotatable bonds is 4. The number of nitrogens with zero attached hydrogens (tertiary/aromatic N) is 3. The highest BCUT2D eigenvalue weighted by atomic mass is 16.3. The van der Waals surface area contributed by atoms with E-state index in [1.165, 1.54) is 0 Å². The smallest absolute Gasteiger partial charge is 0.164 e. The van der Waals surface area contributed by atoms with Crippen molar-refractivity contribution in [3.8, 4) is 45.3 Å². The van der Waals surface area contributed by atoms with E-state index in [1.54, 1.807) is 0 Å². The molecule has 9 aromatic rings. The van der Waals surface area contributed by atoms with Crippen LogP contribution in [0.25, 0.3) is 89.2 Å². The third kappa shape index (κ3) is 4.28. The molecule has 0 atom stereocenters. The number of aromatic nitrogens is 3. The highest BCUT2D eigenvalue weighted by Gasteiger charge is 2.17. The summed E-state index contributed by atoms with van der Waals surface area (Å²) >= 11 is 0. The van der Waals surface area contributed by atoms with Gasteiger partial charge in [-0.25, -0.2) is 15.0 Å². The highest BCUT2D eigenvalue weighted by Crippen LogP contribution is 2.38. The average Bonchev–Trinajstić information content (AvgIpc) is 3.65. The van der Waals surface area contributed by atoms with Crippen molar-refractivity contribution in [2.75, 3.05) is 0 Å². The second-order valence-corrected chi connectivity index (χ2v) is 11.3. The van der Waals surface area contributed by atoms with Crippen molar-refractivity contribution in [3.05, 3.63) is 139 Å². The second-order valence-electron chi connectivity index (χ2n) is 11.3. The third-order valence-corrected chi connectivity index (χ3v) is 8.39. The SMILES string of the molecule is Cc1ccc2c(c1)oc1cc(-c3nc(-c4ccccc4)nc(-c4ccc5c(c4)oc4cccc(-c6ccccc6)c45)n3)ccc12. The minimum absolute atomic E-state index is 0.574. The molecule has 212 valence electrons. The normalized spacial score (nSPS) is 11.7. The Morgan fingerprint density at radius 2 is 0.933 bits per heavy atom. The van der Waals surface area contributed by atoms with E-state index >= 15 is 0 Å². The van der Waals surface area contributed by atoms with E-state index in [1.807, 2.05) is 60.7 Å². The number of fused-ring (bicyclic) bond motifs is 6. The lowest BCUT2D eigenvalue weighted by Gasteiger charge is -2.08. The van der Waals surface area contributed by atoms with Gasteiger partial charge in [-0.3, -0.25) is 0 Å². The Morgan fingerprint density at radius 1 is 0.400 bits per heavy atom. The minimum atomic E-state index is 0.574. The quantitative estimate of drug-likeness (QED) is 0.207. The van der Waals surface area contributed by atoms with Crippen molar-refractivity contribution < 1.29 is 8.83 Å². The number of hydrogen-bond donors (Lipinski definition) is 0. The molecule has 0 radical (unpaired) electrons. The first-order valence-electron chi connectivity index (χ1n) is 14.9. The number of benzene rings is 6. The first-order valence-corrected chi connectivity index (χ1v) is 14.9. The summed E-state index contributed by atoms with van der Waals surface area (Å²) < 4.78 is 12.7. The lowest BCUT2D eigenvalue weighted by molar-refractivity contribution is 0.668. The Kier molecular flexibility index (Phi) is 5.65. The van der Waals surface area contributed by atoms with Crippen LogP contribution in [0, 0.1) is 6.92 Å². The molecule has 5 nitrogen and oxygen atoms in total. The largest absolute Gasteiger partial charge is 0.456 e. The van der Waals surface area contributed by atoms with Crippen molar-refractivity contribution in [2.45, 2.75) is 6.92 Å². The Morgan fingerprint density at radius 3 is 1.62 bits per heavy atom. The number of furan rings is 2. The van der Waals surface area contributed by atoms with Crippen LogP contribution in [0.15, 0.2) is 142 Å². The molecule has 3 aromatic heterocycles. The molecule has 0 unspecified atom stereocenters. The van der Waals surface area contributed by atoms with Crippen LogP contribution in [0.3, 0.4) is 0 Å². The zero-order valence-corrected chi connectivity index (χ0v) is 24.4. The Hall–Kier alpha value is -6.07. The number of aryl methyl sites for hydroxylation is 1. The topological polar surface area (TPSA) is 65.0 Å². The molecule has 0 bridgehead atoms. The molecule has 9 rings (SSSR count). The summed E-state index contributed by atoms with van der Waals surface area (Å²) in [5.41, 5.74) is 9.39. The zero-order chi connectivity index (χ0) is 29.9. The van der Waals surface area contributed by atoms with Gasteiger partial charge in [-0.1, -0.05) is 97.1 Å². The number of hydrogen-bond acceptors (Lipinski definition) is 5. The van der Waals surface area contributed by atoms with Crippen LogP contribution in [-0.2, 0) is 0 Å². The fraction of sp³-hybridized carbons (Fsp3) is 0.0250. The molecule has 0 saturated heterocycles. The molecule has 0 fully saturated rings. The molecule has 45 heavy (non-hydrogen) atoms. The maximum absolute atomic E-state index is 6.41. The van der Waals surface area contributed by atoms with Crippen molar-refractivity contribution >= 4 is 43.9 Å². The van der Waals surface area contributed by atoms with Gasteiger partial charge in [0.05, 0.1) is 0 Å². The molecule has 0 aliphatic rings. The van der Waals surface area contributed by atoms with Crippen LogP contribution in [0.4, 0.5) is 0 Å². The minimum Gasteiger partial charge on any atom is -0.456 e. The molecule has 0 saturated carbocycles. The van der Waals surface area contributed by atoms with Crippen LogP contribution in [0.2, 0.25) is 0 Å². The van der Waals surface area contributed by atoms with Crippen LogP contribution in [-0.4, -0.2) is 15.0 Å². The molecule has 0 N–H and O–H groups in total. The Balaban J connectivity index is 1.21. The van der Waals surface area contributed by atoms with Gasteiger partial charge in [0.25, 0.3) is 0 Å². The van der Waals surface area contributed by atoms with Crippen molar-refractivity contribution in [3.63, 3.8) is 0 Å². The molecule has 0 aliphatic carbocycles. The Labute approximate surface area is 258 Å². The van der Waals surface area contributed by atoms with E-state index in [0.29, 0.717) is 17.5 Å². The maximum atomic E-state index is 6.41. The van der Waals surface area contributed by atoms with Crippen LogP contribution in [0.1, 0.15) is 5.56 Å². The summed E-state index contributed by atoms with van der Waals surface area (Å²) in [5.74, 6) is 1.75. The van der Waals surface area contributed by atoms with E-state index in [4.69, 9.17) is 23.8 Å². The molecule has 5 heteroatoms. The van der Waals surface area contributed by atoms with Crippen molar-refractivity contribution in [1.29, 1.82) is 0 Å². The predicted molar refractivity (Wildman–Crippen MR) is 181 cm³/mol. The van der Waals surface area contributed by atoms with E-state index in [-0.39, 0.29) is 0 Å². The van der Waals surface area contributed by atoms with E-state index in [0.717, 1.165) is 77.3 Å². The van der Waals surface area contributed by atoms with Gasteiger partial charge < -0.3 is 8.83 Å². The van der Waals surface area contributed by atoms with E-state index < -0.39 is 0 Å². The molecule has 0 aliphatic heterocycles. The first-order chi connectivity index (χ1) is 22.2. The summed E-state index contributed by atoms with van der Waals surface area (Å²) in [4.78, 5) is 14.9. The molecule has 3 heterocycles. The van der Waals surface area contributed by atoms with Crippen LogP contribution in [0.5, 0.6) is 0 Å². The lowest BCUT2D eigenvalue weighted by atomic mass is 9.99. The van der Waals surface area contributed by atoms with Crippen LogP contribution >= 0.6 is 0 Å². The van der Waals surface area contributed by atoms with Gasteiger partial charge >= 0.3 is 0 Å². The van der Waals surface area contributed by atoms with Crippen LogP contribution < -0.4 is 0 Å². The van der Waals surface area contributed by atoms with Gasteiger partial charge in [0.15, 0.2) is 17.5 Å². The van der Waals surface area contributed by atoms with Crippen molar-refractivity contribution in [1.82, 2.24) is 15.0 Å². The van der Waals surface area contributed by atoms with Crippen molar-refractivity contribution in [2.24, 2.45) is 0 Å². The predicted octanol–water partition coefficient (Wildman–Crippen LogP) is 10.6. The van der Waals surface area contributed by atoms with E-state index in [9.17, 15) is 0 Å². The monoisotopic (exact) mass is 579 g/mol. The first kappa shape index (κ1) is 25.4. The molecule has 0 spiro atoms. The lowest BCUT2D eigenvalue weighted by Crippen LogP contribution is -2.00. The van der Waals surface area contributed by atoms with Gasteiger partial charge in [-0.2, -0.15) is 0 Å². The molecular weight excluding hydrogens is 554 g/mol. The molecule has 6 aromatic carbocycles. The summed E-state index contributed by atoms with van der Waals surface area (Å²) in [6, 6.07) is 45.3. The Bertz CT molecular complexity index is 2550. The summed E-state index contributed by atoms with van der Waals surface area (Å²) in [6.07, 6.45) is 0. The standard InChI is InChI=1S/C40H25N3O2/c1-24-15-18-30-31-19-16-27(22-35(31)45-34(30)21-24)39-41-38(26-11-6-3-7-12-26)42-40(43-39)28-17-20-32-36(23-28)44-33-14-8-13-29(37(32)33)25-9-4-2-5-10-25/h2-23H,1H3. The fourth-order valence-electron chi connectivity index (χ4n) is 6.20. The third-order valence-electron chi connectivity index (χ3n) is 8.39. The van der Waals surface area contributed by atoms with Gasteiger partial charge in [0, 0.05) is 38.2 Å². The average molecular weight is 580 g/mol. The summed E-state index contributed by atoms with van der Waals surface area (Å²) in [7, 11) is 0. The summed E-state index contributed by atoms with van der Waals surface area (Å²) in [5, 5.41) is 4.31. The maximum Gasteiger partial charge on any atom is 0.164 e. The highest BCUT2D eigenvalue weighted by molar-refractivity contribution is 6.13. The van der Waals surface area contributed by atoms with Gasteiger partial charge in [0.2, 0.25) is 0 Å². The van der Waals surface area contributed by atoms with Gasteiger partial charge in [0.1, 0.15) is 22.3 Å². The molecular formula is C40H25N3O2. The fourth-order valence-corrected chi connectivity index (χ4v) is 6.20.